The molecular weight excluding hydrogens is 370 g/mol. The summed E-state index contributed by atoms with van der Waals surface area (Å²) < 4.78 is 3.47. The van der Waals surface area contributed by atoms with E-state index in [0.29, 0.717) is 0 Å². The van der Waals surface area contributed by atoms with Crippen LogP contribution >= 0.6 is 61.5 Å². The van der Waals surface area contributed by atoms with E-state index in [1.807, 2.05) is 6.07 Å². The zero-order valence-corrected chi connectivity index (χ0v) is 11.1. The van der Waals surface area contributed by atoms with Crippen molar-refractivity contribution >= 4 is 71.5 Å². The van der Waals surface area contributed by atoms with Crippen LogP contribution in [0.5, 0.6) is 0 Å². The molecule has 0 saturated heterocycles. The predicted octanol–water partition coefficient (Wildman–Crippen LogP) is 4.92. The fraction of sp³-hybridized carbons (Fsp3) is 0. The Kier molecular flexibility index (Phi) is 2.65. The molecule has 0 bridgehead atoms. The Hall–Kier alpha value is 0.680. The van der Waals surface area contributed by atoms with Gasteiger partial charge in [-0.25, -0.2) is 0 Å². The van der Waals surface area contributed by atoms with Gasteiger partial charge in [-0.3, -0.25) is 0 Å². The molecule has 0 amide bonds. The van der Waals surface area contributed by atoms with Gasteiger partial charge in [-0.1, -0.05) is 11.6 Å². The van der Waals surface area contributed by atoms with Crippen molar-refractivity contribution in [1.29, 1.82) is 0 Å². The molecule has 0 radical (unpaired) electrons. The van der Waals surface area contributed by atoms with Gasteiger partial charge in [0.2, 0.25) is 0 Å². The first kappa shape index (κ1) is 9.24. The molecule has 0 unspecified atom stereocenters. The van der Waals surface area contributed by atoms with Crippen LogP contribution < -0.4 is 0 Å². The lowest BCUT2D eigenvalue weighted by molar-refractivity contribution is 1.69. The van der Waals surface area contributed by atoms with E-state index in [2.05, 4.69) is 50.0 Å². The van der Waals surface area contributed by atoms with Crippen LogP contribution in [-0.4, -0.2) is 0 Å². The minimum Gasteiger partial charge on any atom is -0.142 e. The van der Waals surface area contributed by atoms with Crippen LogP contribution in [0, 0.1) is 3.57 Å². The summed E-state index contributed by atoms with van der Waals surface area (Å²) in [5.74, 6) is 0. The minimum absolute atomic E-state index is 0.826. The number of hydrogen-bond donors (Lipinski definition) is 0. The van der Waals surface area contributed by atoms with Crippen LogP contribution in [0.4, 0.5) is 0 Å². The monoisotopic (exact) mass is 372 g/mol. The van der Waals surface area contributed by atoms with Crippen molar-refractivity contribution in [3.63, 3.8) is 0 Å². The Bertz CT molecular complexity index is 438. The first-order valence-corrected chi connectivity index (χ1v) is 6.34. The van der Waals surface area contributed by atoms with Crippen molar-refractivity contribution in [3.8, 4) is 0 Å². The number of rotatable bonds is 0. The van der Waals surface area contributed by atoms with E-state index in [4.69, 9.17) is 11.6 Å². The van der Waals surface area contributed by atoms with E-state index >= 15 is 0 Å². The Labute approximate surface area is 101 Å². The van der Waals surface area contributed by atoms with E-state index in [1.54, 1.807) is 11.3 Å². The second-order valence-electron chi connectivity index (χ2n) is 2.32. The fourth-order valence-corrected chi connectivity index (χ4v) is 3.55. The van der Waals surface area contributed by atoms with E-state index in [9.17, 15) is 0 Å². The zero-order valence-electron chi connectivity index (χ0n) is 5.77. The minimum atomic E-state index is 0.826. The second-order valence-corrected chi connectivity index (χ2v) is 5.57. The highest BCUT2D eigenvalue weighted by molar-refractivity contribution is 14.1. The van der Waals surface area contributed by atoms with Crippen molar-refractivity contribution < 1.29 is 0 Å². The number of benzene rings is 1. The van der Waals surface area contributed by atoms with Crippen molar-refractivity contribution in [2.75, 3.05) is 0 Å². The lowest BCUT2D eigenvalue weighted by Gasteiger charge is -1.99. The molecule has 0 saturated carbocycles. The van der Waals surface area contributed by atoms with Gasteiger partial charge in [0.1, 0.15) is 0 Å². The van der Waals surface area contributed by atoms with Gasteiger partial charge in [-0.15, -0.1) is 11.3 Å². The first-order valence-electron chi connectivity index (χ1n) is 3.21. The Morgan fingerprint density at radius 3 is 3.00 bits per heavy atom. The van der Waals surface area contributed by atoms with Crippen LogP contribution in [0.2, 0.25) is 5.02 Å². The van der Waals surface area contributed by atoms with Gasteiger partial charge in [-0.2, -0.15) is 0 Å². The van der Waals surface area contributed by atoms with E-state index < -0.39 is 0 Å². The zero-order chi connectivity index (χ0) is 8.72. The maximum absolute atomic E-state index is 6.05. The summed E-state index contributed by atoms with van der Waals surface area (Å²) in [7, 11) is 0. The van der Waals surface area contributed by atoms with E-state index in [-0.39, 0.29) is 0 Å². The highest BCUT2D eigenvalue weighted by atomic mass is 127. The van der Waals surface area contributed by atoms with E-state index in [1.165, 1.54) is 13.7 Å². The lowest BCUT2D eigenvalue weighted by Crippen LogP contribution is -1.76. The third kappa shape index (κ3) is 1.41. The molecule has 0 aliphatic heterocycles. The van der Waals surface area contributed by atoms with Gasteiger partial charge in [0.05, 0.1) is 9.72 Å². The van der Waals surface area contributed by atoms with Crippen LogP contribution in [0.1, 0.15) is 0 Å². The van der Waals surface area contributed by atoms with Gasteiger partial charge < -0.3 is 0 Å². The molecule has 0 spiro atoms. The Morgan fingerprint density at radius 1 is 1.50 bits per heavy atom. The lowest BCUT2D eigenvalue weighted by atomic mass is 10.3. The number of hydrogen-bond acceptors (Lipinski definition) is 1. The highest BCUT2D eigenvalue weighted by Gasteiger charge is 2.07. The molecule has 2 rings (SSSR count). The topological polar surface area (TPSA) is 0 Å². The predicted molar refractivity (Wildman–Crippen MR) is 67.3 cm³/mol. The van der Waals surface area contributed by atoms with Gasteiger partial charge in [0.25, 0.3) is 0 Å². The van der Waals surface area contributed by atoms with Crippen molar-refractivity contribution in [3.05, 3.63) is 30.6 Å². The summed E-state index contributed by atoms with van der Waals surface area (Å²) >= 11 is 13.5. The summed E-state index contributed by atoms with van der Waals surface area (Å²) in [6, 6.07) is 4.04. The average molecular weight is 373 g/mol. The molecule has 0 atom stereocenters. The molecule has 1 aromatic carbocycles. The number of fused-ring (bicyclic) bond motifs is 1. The van der Waals surface area contributed by atoms with Gasteiger partial charge in [0, 0.05) is 13.4 Å². The molecule has 1 aromatic heterocycles. The van der Waals surface area contributed by atoms with Crippen molar-refractivity contribution in [2.45, 2.75) is 0 Å². The molecule has 0 aliphatic rings. The number of halogens is 3. The van der Waals surface area contributed by atoms with Crippen LogP contribution in [0.25, 0.3) is 10.1 Å². The summed E-state index contributed by atoms with van der Waals surface area (Å²) in [5.41, 5.74) is 0. The molecule has 0 fully saturated rings. The molecular formula is C8H3BrClIS. The molecule has 1 heterocycles. The Morgan fingerprint density at radius 2 is 2.25 bits per heavy atom. The average Bonchev–Trinajstić information content (AvgIpc) is 2.48. The van der Waals surface area contributed by atoms with Crippen molar-refractivity contribution in [2.24, 2.45) is 0 Å². The standard InChI is InChI=1S/C8H3BrClIS/c9-5-3-6(10)8-4(7(5)11)1-2-12-8/h1-3H. The quantitative estimate of drug-likeness (QED) is 0.454. The molecule has 62 valence electrons. The normalized spacial score (nSPS) is 10.9. The second kappa shape index (κ2) is 3.44. The molecule has 12 heavy (non-hydrogen) atoms. The maximum Gasteiger partial charge on any atom is 0.0596 e. The third-order valence-corrected chi connectivity index (χ3v) is 5.47. The largest absolute Gasteiger partial charge is 0.142 e. The van der Waals surface area contributed by atoms with Crippen molar-refractivity contribution in [1.82, 2.24) is 0 Å². The highest BCUT2D eigenvalue weighted by Crippen LogP contribution is 2.36. The summed E-state index contributed by atoms with van der Waals surface area (Å²) in [6.45, 7) is 0. The Balaban J connectivity index is 2.97. The smallest absolute Gasteiger partial charge is 0.0596 e. The summed E-state index contributed by atoms with van der Waals surface area (Å²) in [4.78, 5) is 0. The third-order valence-electron chi connectivity index (χ3n) is 1.58. The number of thiophene rings is 1. The first-order chi connectivity index (χ1) is 5.70. The maximum atomic E-state index is 6.05. The van der Waals surface area contributed by atoms with Crippen LogP contribution in [-0.2, 0) is 0 Å². The SMILES string of the molecule is Clc1cc(Br)c(I)c2ccsc12. The van der Waals surface area contributed by atoms with Gasteiger partial charge in [-0.05, 0) is 56.0 Å². The van der Waals surface area contributed by atoms with Crippen LogP contribution in [0.15, 0.2) is 22.0 Å². The molecule has 0 nitrogen and oxygen atoms in total. The summed E-state index contributed by atoms with van der Waals surface area (Å²) in [5, 5.41) is 4.12. The van der Waals surface area contributed by atoms with Gasteiger partial charge in [0.15, 0.2) is 0 Å². The molecule has 0 N–H and O–H groups in total. The molecule has 2 aromatic rings. The van der Waals surface area contributed by atoms with Crippen LogP contribution in [0.3, 0.4) is 0 Å². The van der Waals surface area contributed by atoms with Gasteiger partial charge >= 0.3 is 0 Å². The molecule has 4 heteroatoms. The fourth-order valence-electron chi connectivity index (χ4n) is 1.04. The summed E-state index contributed by atoms with van der Waals surface area (Å²) in [6.07, 6.45) is 0. The van der Waals surface area contributed by atoms with E-state index in [0.717, 1.165) is 9.50 Å². The molecule has 0 aliphatic carbocycles.